The van der Waals surface area contributed by atoms with E-state index in [1.54, 1.807) is 0 Å². The molecule has 2 N–H and O–H groups in total. The molecule has 1 atom stereocenters. The summed E-state index contributed by atoms with van der Waals surface area (Å²) in [7, 11) is 0. The molecule has 0 aromatic heterocycles. The van der Waals surface area contributed by atoms with Crippen molar-refractivity contribution in [3.05, 3.63) is 29.3 Å². The van der Waals surface area contributed by atoms with Gasteiger partial charge in [-0.25, -0.2) is 0 Å². The van der Waals surface area contributed by atoms with Crippen molar-refractivity contribution in [2.45, 2.75) is 51.7 Å². The van der Waals surface area contributed by atoms with Crippen molar-refractivity contribution < 1.29 is 5.11 Å². The van der Waals surface area contributed by atoms with Crippen LogP contribution in [0, 0.1) is 11.3 Å². The molecule has 1 saturated heterocycles. The standard InChI is InChI=1S/C17H25N3O/c1-13(2)19-11-14-6-7-17(15(9-14)10-18)20-8-4-3-5-16(20)12-21/h6-7,9,13,16,19,21H,3-5,8,11-12H2,1-2H3. The minimum Gasteiger partial charge on any atom is -0.394 e. The van der Waals surface area contributed by atoms with Crippen LogP contribution in [-0.4, -0.2) is 30.3 Å². The van der Waals surface area contributed by atoms with Crippen LogP contribution in [0.5, 0.6) is 0 Å². The molecule has 0 amide bonds. The second-order valence-corrected chi connectivity index (χ2v) is 6.02. The van der Waals surface area contributed by atoms with Gasteiger partial charge in [0.1, 0.15) is 6.07 Å². The summed E-state index contributed by atoms with van der Waals surface area (Å²) in [6, 6.07) is 8.96. The molecule has 1 aliphatic rings. The lowest BCUT2D eigenvalue weighted by atomic mass is 9.99. The van der Waals surface area contributed by atoms with Crippen molar-refractivity contribution in [3.8, 4) is 6.07 Å². The SMILES string of the molecule is CC(C)NCc1ccc(N2CCCCC2CO)c(C#N)c1. The molecule has 114 valence electrons. The Morgan fingerprint density at radius 1 is 1.43 bits per heavy atom. The van der Waals surface area contributed by atoms with Crippen molar-refractivity contribution in [1.82, 2.24) is 5.32 Å². The van der Waals surface area contributed by atoms with Gasteiger partial charge in [-0.1, -0.05) is 19.9 Å². The van der Waals surface area contributed by atoms with E-state index in [1.165, 1.54) is 0 Å². The molecular weight excluding hydrogens is 262 g/mol. The van der Waals surface area contributed by atoms with Gasteiger partial charge in [-0.3, -0.25) is 0 Å². The number of aliphatic hydroxyl groups is 1. The highest BCUT2D eigenvalue weighted by atomic mass is 16.3. The Bertz CT molecular complexity index is 507. The summed E-state index contributed by atoms with van der Waals surface area (Å²) < 4.78 is 0. The molecule has 1 unspecified atom stereocenters. The Balaban J connectivity index is 2.21. The Morgan fingerprint density at radius 3 is 2.90 bits per heavy atom. The van der Waals surface area contributed by atoms with Crippen LogP contribution in [0.3, 0.4) is 0 Å². The third kappa shape index (κ3) is 3.96. The smallest absolute Gasteiger partial charge is 0.101 e. The Hall–Kier alpha value is -1.57. The lowest BCUT2D eigenvalue weighted by Crippen LogP contribution is -2.42. The zero-order valence-corrected chi connectivity index (χ0v) is 13.0. The monoisotopic (exact) mass is 287 g/mol. The average Bonchev–Trinajstić information content (AvgIpc) is 2.52. The molecule has 0 radical (unpaired) electrons. The van der Waals surface area contributed by atoms with Gasteiger partial charge in [0.25, 0.3) is 0 Å². The molecule has 21 heavy (non-hydrogen) atoms. The molecular formula is C17H25N3O. The van der Waals surface area contributed by atoms with Crippen LogP contribution in [0.15, 0.2) is 18.2 Å². The van der Waals surface area contributed by atoms with Crippen LogP contribution in [-0.2, 0) is 6.54 Å². The molecule has 1 heterocycles. The van der Waals surface area contributed by atoms with Crippen molar-refractivity contribution in [3.63, 3.8) is 0 Å². The summed E-state index contributed by atoms with van der Waals surface area (Å²) in [6.07, 6.45) is 3.27. The summed E-state index contributed by atoms with van der Waals surface area (Å²) in [5.41, 5.74) is 2.80. The number of aliphatic hydroxyl groups excluding tert-OH is 1. The van der Waals surface area contributed by atoms with E-state index in [0.717, 1.165) is 43.6 Å². The lowest BCUT2D eigenvalue weighted by Gasteiger charge is -2.37. The van der Waals surface area contributed by atoms with E-state index in [2.05, 4.69) is 36.2 Å². The van der Waals surface area contributed by atoms with Gasteiger partial charge in [0.15, 0.2) is 0 Å². The molecule has 4 heteroatoms. The summed E-state index contributed by atoms with van der Waals surface area (Å²) in [5.74, 6) is 0. The van der Waals surface area contributed by atoms with Crippen molar-refractivity contribution >= 4 is 5.69 Å². The normalized spacial score (nSPS) is 18.8. The Labute approximate surface area is 127 Å². The molecule has 0 bridgehead atoms. The molecule has 1 fully saturated rings. The zero-order valence-electron chi connectivity index (χ0n) is 13.0. The summed E-state index contributed by atoms with van der Waals surface area (Å²) in [5, 5.41) is 22.4. The van der Waals surface area contributed by atoms with E-state index >= 15 is 0 Å². The topological polar surface area (TPSA) is 59.3 Å². The fourth-order valence-corrected chi connectivity index (χ4v) is 2.86. The maximum absolute atomic E-state index is 9.55. The summed E-state index contributed by atoms with van der Waals surface area (Å²) >= 11 is 0. The molecule has 0 saturated carbocycles. The molecule has 0 spiro atoms. The van der Waals surface area contributed by atoms with Gasteiger partial charge in [-0.2, -0.15) is 5.26 Å². The fourth-order valence-electron chi connectivity index (χ4n) is 2.86. The number of benzene rings is 1. The molecule has 4 nitrogen and oxygen atoms in total. The van der Waals surface area contributed by atoms with Crippen molar-refractivity contribution in [1.29, 1.82) is 5.26 Å². The van der Waals surface area contributed by atoms with Gasteiger partial charge in [-0.15, -0.1) is 0 Å². The number of piperidine rings is 1. The number of rotatable bonds is 5. The first-order chi connectivity index (χ1) is 10.2. The largest absolute Gasteiger partial charge is 0.394 e. The van der Waals surface area contributed by atoms with E-state index < -0.39 is 0 Å². The maximum Gasteiger partial charge on any atom is 0.101 e. The number of nitrogens with one attached hydrogen (secondary N) is 1. The summed E-state index contributed by atoms with van der Waals surface area (Å²) in [6.45, 7) is 6.07. The van der Waals surface area contributed by atoms with Crippen LogP contribution in [0.25, 0.3) is 0 Å². The zero-order chi connectivity index (χ0) is 15.2. The van der Waals surface area contributed by atoms with Crippen LogP contribution < -0.4 is 10.2 Å². The van der Waals surface area contributed by atoms with E-state index in [1.807, 2.05) is 12.1 Å². The predicted octanol–water partition coefficient (Wildman–Crippen LogP) is 2.41. The molecule has 1 aromatic rings. The van der Waals surface area contributed by atoms with Gasteiger partial charge in [-0.05, 0) is 37.0 Å². The molecule has 1 aliphatic heterocycles. The number of hydrogen-bond acceptors (Lipinski definition) is 4. The van der Waals surface area contributed by atoms with E-state index in [-0.39, 0.29) is 12.6 Å². The van der Waals surface area contributed by atoms with Gasteiger partial charge in [0.05, 0.1) is 23.9 Å². The van der Waals surface area contributed by atoms with Crippen LogP contribution in [0.1, 0.15) is 44.2 Å². The van der Waals surface area contributed by atoms with Crippen LogP contribution in [0.4, 0.5) is 5.69 Å². The maximum atomic E-state index is 9.55. The first kappa shape index (κ1) is 15.8. The minimum absolute atomic E-state index is 0.144. The minimum atomic E-state index is 0.144. The third-order valence-corrected chi connectivity index (χ3v) is 4.04. The highest BCUT2D eigenvalue weighted by Crippen LogP contribution is 2.28. The number of hydrogen-bond donors (Lipinski definition) is 2. The summed E-state index contributed by atoms with van der Waals surface area (Å²) in [4.78, 5) is 2.20. The van der Waals surface area contributed by atoms with Gasteiger partial charge in [0.2, 0.25) is 0 Å². The third-order valence-electron chi connectivity index (χ3n) is 4.04. The van der Waals surface area contributed by atoms with Crippen LogP contribution in [0.2, 0.25) is 0 Å². The second kappa shape index (κ2) is 7.44. The Morgan fingerprint density at radius 2 is 2.24 bits per heavy atom. The highest BCUT2D eigenvalue weighted by Gasteiger charge is 2.23. The quantitative estimate of drug-likeness (QED) is 0.873. The van der Waals surface area contributed by atoms with Gasteiger partial charge in [0, 0.05) is 19.1 Å². The predicted molar refractivity (Wildman–Crippen MR) is 85.2 cm³/mol. The fraction of sp³-hybridized carbons (Fsp3) is 0.588. The van der Waals surface area contributed by atoms with Crippen molar-refractivity contribution in [2.24, 2.45) is 0 Å². The first-order valence-electron chi connectivity index (χ1n) is 7.79. The van der Waals surface area contributed by atoms with Crippen LogP contribution >= 0.6 is 0 Å². The molecule has 1 aromatic carbocycles. The highest BCUT2D eigenvalue weighted by molar-refractivity contribution is 5.61. The first-order valence-corrected chi connectivity index (χ1v) is 7.79. The van der Waals surface area contributed by atoms with Crippen molar-refractivity contribution in [2.75, 3.05) is 18.1 Å². The number of anilines is 1. The lowest BCUT2D eigenvalue weighted by molar-refractivity contribution is 0.240. The molecule has 2 rings (SSSR count). The molecule has 0 aliphatic carbocycles. The van der Waals surface area contributed by atoms with E-state index in [0.29, 0.717) is 11.6 Å². The van der Waals surface area contributed by atoms with Gasteiger partial charge < -0.3 is 15.3 Å². The number of nitrogens with zero attached hydrogens (tertiary/aromatic N) is 2. The van der Waals surface area contributed by atoms with Gasteiger partial charge >= 0.3 is 0 Å². The average molecular weight is 287 g/mol. The van der Waals surface area contributed by atoms with E-state index in [4.69, 9.17) is 0 Å². The van der Waals surface area contributed by atoms with E-state index in [9.17, 15) is 10.4 Å². The second-order valence-electron chi connectivity index (χ2n) is 6.02. The number of nitriles is 1. The Kier molecular flexibility index (Phi) is 5.60.